The number of hydrogen-bond donors (Lipinski definition) is 0. The van der Waals surface area contributed by atoms with Crippen LogP contribution in [0.25, 0.3) is 0 Å². The highest BCUT2D eigenvalue weighted by Crippen LogP contribution is 2.24. The standard InChI is InChI=1S/C11H15BrN2OS/c1-8-7-13(2)5-6-14(8)11(15)9-3-4-10(12)16-9/h3-4,8H,5-7H2,1-2H3/t8-/m1/s1. The van der Waals surface area contributed by atoms with Gasteiger partial charge in [0.25, 0.3) is 5.91 Å². The maximum absolute atomic E-state index is 12.2. The second-order valence-electron chi connectivity index (χ2n) is 4.21. The molecule has 5 heteroatoms. The Balaban J connectivity index is 2.10. The molecule has 0 unspecified atom stereocenters. The summed E-state index contributed by atoms with van der Waals surface area (Å²) in [5.74, 6) is 0.163. The van der Waals surface area contributed by atoms with Crippen LogP contribution in [0.15, 0.2) is 15.9 Å². The van der Waals surface area contributed by atoms with Gasteiger partial charge in [0.2, 0.25) is 0 Å². The lowest BCUT2D eigenvalue weighted by atomic mass is 10.2. The molecule has 0 N–H and O–H groups in total. The molecule has 16 heavy (non-hydrogen) atoms. The fraction of sp³-hybridized carbons (Fsp3) is 0.545. The average molecular weight is 303 g/mol. The SMILES string of the molecule is C[C@@H]1CN(C)CCN1C(=O)c1ccc(Br)s1. The molecule has 1 amide bonds. The van der Waals surface area contributed by atoms with Crippen LogP contribution < -0.4 is 0 Å². The van der Waals surface area contributed by atoms with Crippen LogP contribution in [0.1, 0.15) is 16.6 Å². The first-order chi connectivity index (χ1) is 7.58. The van der Waals surface area contributed by atoms with E-state index in [1.807, 2.05) is 17.0 Å². The van der Waals surface area contributed by atoms with E-state index in [0.29, 0.717) is 6.04 Å². The van der Waals surface area contributed by atoms with Gasteiger partial charge in [-0.05, 0) is 42.0 Å². The molecule has 2 heterocycles. The first-order valence-electron chi connectivity index (χ1n) is 5.33. The van der Waals surface area contributed by atoms with Crippen molar-refractivity contribution < 1.29 is 4.79 Å². The minimum absolute atomic E-state index is 0.163. The molecular weight excluding hydrogens is 288 g/mol. The van der Waals surface area contributed by atoms with Crippen molar-refractivity contribution in [1.82, 2.24) is 9.80 Å². The van der Waals surface area contributed by atoms with Crippen LogP contribution in [0.3, 0.4) is 0 Å². The number of thiophene rings is 1. The molecule has 1 aliphatic heterocycles. The molecule has 1 atom stereocenters. The summed E-state index contributed by atoms with van der Waals surface area (Å²) in [7, 11) is 2.10. The van der Waals surface area contributed by atoms with E-state index in [4.69, 9.17) is 0 Å². The van der Waals surface area contributed by atoms with E-state index >= 15 is 0 Å². The number of amides is 1. The van der Waals surface area contributed by atoms with Crippen molar-refractivity contribution in [2.45, 2.75) is 13.0 Å². The van der Waals surface area contributed by atoms with E-state index in [9.17, 15) is 4.79 Å². The largest absolute Gasteiger partial charge is 0.333 e. The van der Waals surface area contributed by atoms with Gasteiger partial charge in [-0.2, -0.15) is 0 Å². The molecule has 0 spiro atoms. The van der Waals surface area contributed by atoms with E-state index < -0.39 is 0 Å². The van der Waals surface area contributed by atoms with Crippen molar-refractivity contribution in [2.24, 2.45) is 0 Å². The Bertz CT molecular complexity index is 393. The molecule has 0 aliphatic carbocycles. The Morgan fingerprint density at radius 2 is 2.25 bits per heavy atom. The fourth-order valence-electron chi connectivity index (χ4n) is 2.01. The van der Waals surface area contributed by atoms with Crippen molar-refractivity contribution in [1.29, 1.82) is 0 Å². The van der Waals surface area contributed by atoms with Gasteiger partial charge in [-0.25, -0.2) is 0 Å². The van der Waals surface area contributed by atoms with Crippen molar-refractivity contribution in [3.05, 3.63) is 20.8 Å². The Hall–Kier alpha value is -0.390. The Morgan fingerprint density at radius 1 is 1.50 bits per heavy atom. The molecule has 0 bridgehead atoms. The third-order valence-corrected chi connectivity index (χ3v) is 4.49. The maximum atomic E-state index is 12.2. The van der Waals surface area contributed by atoms with Gasteiger partial charge >= 0.3 is 0 Å². The van der Waals surface area contributed by atoms with E-state index in [1.54, 1.807) is 0 Å². The minimum atomic E-state index is 0.163. The first kappa shape index (κ1) is 12.1. The normalized spacial score (nSPS) is 22.4. The number of hydrogen-bond acceptors (Lipinski definition) is 3. The highest BCUT2D eigenvalue weighted by Gasteiger charge is 2.27. The molecule has 1 aromatic rings. The van der Waals surface area contributed by atoms with Gasteiger partial charge in [0.05, 0.1) is 8.66 Å². The molecule has 0 saturated carbocycles. The van der Waals surface area contributed by atoms with Crippen LogP contribution in [-0.2, 0) is 0 Å². The van der Waals surface area contributed by atoms with Crippen LogP contribution in [0.4, 0.5) is 0 Å². The van der Waals surface area contributed by atoms with Crippen molar-refractivity contribution in [3.8, 4) is 0 Å². The van der Waals surface area contributed by atoms with Crippen molar-refractivity contribution in [2.75, 3.05) is 26.7 Å². The van der Waals surface area contributed by atoms with Crippen LogP contribution in [0, 0.1) is 0 Å². The zero-order valence-corrected chi connectivity index (χ0v) is 11.8. The molecule has 1 aliphatic rings. The van der Waals surface area contributed by atoms with Crippen LogP contribution >= 0.6 is 27.3 Å². The maximum Gasteiger partial charge on any atom is 0.264 e. The summed E-state index contributed by atoms with van der Waals surface area (Å²) in [6, 6.07) is 4.12. The van der Waals surface area contributed by atoms with E-state index in [1.165, 1.54) is 11.3 Å². The summed E-state index contributed by atoms with van der Waals surface area (Å²) in [6.07, 6.45) is 0. The molecule has 1 aromatic heterocycles. The quantitative estimate of drug-likeness (QED) is 0.795. The zero-order valence-electron chi connectivity index (χ0n) is 9.44. The second-order valence-corrected chi connectivity index (χ2v) is 6.68. The molecule has 1 fully saturated rings. The predicted octanol–water partition coefficient (Wildman–Crippen LogP) is 2.29. The van der Waals surface area contributed by atoms with Gasteiger partial charge in [0, 0.05) is 25.7 Å². The van der Waals surface area contributed by atoms with Gasteiger partial charge in [-0.3, -0.25) is 4.79 Å². The molecule has 0 aromatic carbocycles. The molecule has 88 valence electrons. The van der Waals surface area contributed by atoms with Crippen LogP contribution in [0.5, 0.6) is 0 Å². The monoisotopic (exact) mass is 302 g/mol. The summed E-state index contributed by atoms with van der Waals surface area (Å²) >= 11 is 4.89. The van der Waals surface area contributed by atoms with Gasteiger partial charge < -0.3 is 9.80 Å². The lowest BCUT2D eigenvalue weighted by Gasteiger charge is -2.38. The number of piperazine rings is 1. The smallest absolute Gasteiger partial charge is 0.264 e. The average Bonchev–Trinajstić information content (AvgIpc) is 2.64. The number of rotatable bonds is 1. The highest BCUT2D eigenvalue weighted by molar-refractivity contribution is 9.11. The first-order valence-corrected chi connectivity index (χ1v) is 6.93. The van der Waals surface area contributed by atoms with E-state index in [2.05, 4.69) is 34.8 Å². The lowest BCUT2D eigenvalue weighted by molar-refractivity contribution is 0.0538. The Morgan fingerprint density at radius 3 is 2.81 bits per heavy atom. The van der Waals surface area contributed by atoms with Gasteiger partial charge in [-0.1, -0.05) is 0 Å². The zero-order chi connectivity index (χ0) is 11.7. The molecular formula is C11H15BrN2OS. The van der Waals surface area contributed by atoms with Gasteiger partial charge in [0.1, 0.15) is 0 Å². The number of likely N-dealkylation sites (N-methyl/N-ethyl adjacent to an activating group) is 1. The van der Waals surface area contributed by atoms with Gasteiger partial charge in [-0.15, -0.1) is 11.3 Å². The number of carbonyl (C=O) groups is 1. The highest BCUT2D eigenvalue weighted by atomic mass is 79.9. The van der Waals surface area contributed by atoms with Crippen molar-refractivity contribution >= 4 is 33.2 Å². The Labute approximate surface area is 108 Å². The molecule has 2 rings (SSSR count). The van der Waals surface area contributed by atoms with Gasteiger partial charge in [0.15, 0.2) is 0 Å². The predicted molar refractivity (Wildman–Crippen MR) is 70.0 cm³/mol. The topological polar surface area (TPSA) is 23.6 Å². The summed E-state index contributed by atoms with van der Waals surface area (Å²) < 4.78 is 1.01. The fourth-order valence-corrected chi connectivity index (χ4v) is 3.35. The second kappa shape index (κ2) is 4.85. The third kappa shape index (κ3) is 2.47. The third-order valence-electron chi connectivity index (χ3n) is 2.88. The van der Waals surface area contributed by atoms with E-state index in [-0.39, 0.29) is 5.91 Å². The van der Waals surface area contributed by atoms with E-state index in [0.717, 1.165) is 28.3 Å². The minimum Gasteiger partial charge on any atom is -0.333 e. The molecule has 0 radical (unpaired) electrons. The number of nitrogens with zero attached hydrogens (tertiary/aromatic N) is 2. The molecule has 1 saturated heterocycles. The van der Waals surface area contributed by atoms with Crippen LogP contribution in [-0.4, -0.2) is 48.4 Å². The Kier molecular flexibility index (Phi) is 3.66. The molecule has 3 nitrogen and oxygen atoms in total. The number of carbonyl (C=O) groups excluding carboxylic acids is 1. The summed E-state index contributed by atoms with van der Waals surface area (Å²) in [5, 5.41) is 0. The van der Waals surface area contributed by atoms with Crippen LogP contribution in [0.2, 0.25) is 0 Å². The number of halogens is 1. The lowest BCUT2D eigenvalue weighted by Crippen LogP contribution is -2.52. The summed E-state index contributed by atoms with van der Waals surface area (Å²) in [5.41, 5.74) is 0. The summed E-state index contributed by atoms with van der Waals surface area (Å²) in [6.45, 7) is 4.85. The summed E-state index contributed by atoms with van der Waals surface area (Å²) in [4.78, 5) is 17.3. The van der Waals surface area contributed by atoms with Crippen molar-refractivity contribution in [3.63, 3.8) is 0 Å².